The van der Waals surface area contributed by atoms with Gasteiger partial charge in [-0.3, -0.25) is 4.79 Å². The van der Waals surface area contributed by atoms with E-state index in [0.717, 1.165) is 17.0 Å². The molecule has 2 aromatic carbocycles. The van der Waals surface area contributed by atoms with Gasteiger partial charge in [0.1, 0.15) is 17.5 Å². The summed E-state index contributed by atoms with van der Waals surface area (Å²) in [4.78, 5) is 12.1. The number of hydrogen-bond donors (Lipinski definition) is 2. The number of fused-ring (bicyclic) bond motifs is 1. The minimum atomic E-state index is -0.230. The van der Waals surface area contributed by atoms with Gasteiger partial charge in [-0.2, -0.15) is 0 Å². The Labute approximate surface area is 130 Å². The molecule has 1 atom stereocenters. The molecular formula is C18H20N2O2. The van der Waals surface area contributed by atoms with Crippen molar-refractivity contribution in [2.75, 3.05) is 5.32 Å². The number of nitrogens with one attached hydrogen (secondary N) is 2. The van der Waals surface area contributed by atoms with Crippen molar-refractivity contribution >= 4 is 11.6 Å². The molecule has 0 saturated heterocycles. The molecule has 3 rings (SSSR count). The van der Waals surface area contributed by atoms with Gasteiger partial charge in [-0.25, -0.2) is 0 Å². The van der Waals surface area contributed by atoms with Gasteiger partial charge in [-0.15, -0.1) is 0 Å². The maximum atomic E-state index is 12.1. The summed E-state index contributed by atoms with van der Waals surface area (Å²) in [5.41, 5.74) is 2.29. The van der Waals surface area contributed by atoms with Crippen LogP contribution in [0.1, 0.15) is 42.9 Å². The summed E-state index contributed by atoms with van der Waals surface area (Å²) in [5.74, 6) is 0.758. The lowest BCUT2D eigenvalue weighted by Gasteiger charge is -2.28. The van der Waals surface area contributed by atoms with Gasteiger partial charge in [0.05, 0.1) is 5.56 Å². The fourth-order valence-electron chi connectivity index (χ4n) is 2.46. The van der Waals surface area contributed by atoms with Crippen molar-refractivity contribution in [2.24, 2.45) is 0 Å². The second-order valence-electron chi connectivity index (χ2n) is 6.38. The number of benzene rings is 2. The van der Waals surface area contributed by atoms with Crippen LogP contribution >= 0.6 is 0 Å². The zero-order valence-corrected chi connectivity index (χ0v) is 13.0. The van der Waals surface area contributed by atoms with Crippen LogP contribution in [0.5, 0.6) is 5.75 Å². The van der Waals surface area contributed by atoms with Gasteiger partial charge >= 0.3 is 0 Å². The predicted molar refractivity (Wildman–Crippen MR) is 87.1 cm³/mol. The van der Waals surface area contributed by atoms with Gasteiger partial charge in [0, 0.05) is 5.69 Å². The van der Waals surface area contributed by atoms with Crippen LogP contribution in [-0.4, -0.2) is 11.5 Å². The fraction of sp³-hybridized carbons (Fsp3) is 0.278. The van der Waals surface area contributed by atoms with E-state index in [-0.39, 0.29) is 17.7 Å². The highest BCUT2D eigenvalue weighted by atomic mass is 16.5. The molecule has 4 nitrogen and oxygen atoms in total. The first kappa shape index (κ1) is 14.4. The first-order valence-electron chi connectivity index (χ1n) is 7.38. The highest BCUT2D eigenvalue weighted by Crippen LogP contribution is 2.27. The molecule has 1 aliphatic rings. The molecule has 1 amide bonds. The lowest BCUT2D eigenvalue weighted by molar-refractivity contribution is 0.0935. The summed E-state index contributed by atoms with van der Waals surface area (Å²) in [6.07, 6.45) is -0.230. The van der Waals surface area contributed by atoms with Crippen LogP contribution in [0.25, 0.3) is 0 Å². The van der Waals surface area contributed by atoms with Gasteiger partial charge in [-0.1, -0.05) is 24.3 Å². The standard InChI is InChI=1S/C18H20N2O2/c1-18(2,3)22-13-10-8-12(9-11-13)16-19-15-7-5-4-6-14(15)17(21)20-16/h4-11,16,19H,1-3H3,(H,20,21). The highest BCUT2D eigenvalue weighted by Gasteiger charge is 2.24. The monoisotopic (exact) mass is 296 g/mol. The lowest BCUT2D eigenvalue weighted by Crippen LogP contribution is -2.38. The molecule has 0 bridgehead atoms. The molecule has 0 fully saturated rings. The first-order chi connectivity index (χ1) is 10.4. The molecule has 0 saturated carbocycles. The number of amides is 1. The normalized spacial score (nSPS) is 17.2. The Kier molecular flexibility index (Phi) is 3.53. The number of carbonyl (C=O) groups is 1. The van der Waals surface area contributed by atoms with E-state index in [0.29, 0.717) is 5.56 Å². The van der Waals surface area contributed by atoms with Crippen molar-refractivity contribution in [2.45, 2.75) is 32.5 Å². The lowest BCUT2D eigenvalue weighted by atomic mass is 10.1. The minimum absolute atomic E-state index is 0.0608. The molecule has 114 valence electrons. The molecule has 2 aromatic rings. The number of hydrogen-bond acceptors (Lipinski definition) is 3. The number of anilines is 1. The topological polar surface area (TPSA) is 50.4 Å². The van der Waals surface area contributed by atoms with Crippen LogP contribution in [0.4, 0.5) is 5.69 Å². The van der Waals surface area contributed by atoms with Gasteiger partial charge in [0.25, 0.3) is 5.91 Å². The Morgan fingerprint density at radius 3 is 2.32 bits per heavy atom. The summed E-state index contributed by atoms with van der Waals surface area (Å²) < 4.78 is 5.81. The van der Waals surface area contributed by atoms with E-state index < -0.39 is 0 Å². The molecule has 2 N–H and O–H groups in total. The molecule has 1 heterocycles. The van der Waals surface area contributed by atoms with Crippen LogP contribution in [0, 0.1) is 0 Å². The van der Waals surface area contributed by atoms with E-state index in [9.17, 15) is 4.79 Å². The third-order valence-corrected chi connectivity index (χ3v) is 3.38. The molecule has 0 spiro atoms. The van der Waals surface area contributed by atoms with E-state index in [2.05, 4.69) is 10.6 Å². The Balaban J connectivity index is 1.80. The van der Waals surface area contributed by atoms with Gasteiger partial charge in [0.15, 0.2) is 0 Å². The maximum absolute atomic E-state index is 12.1. The summed E-state index contributed by atoms with van der Waals surface area (Å²) >= 11 is 0. The molecule has 1 unspecified atom stereocenters. The van der Waals surface area contributed by atoms with Gasteiger partial charge in [-0.05, 0) is 50.6 Å². The predicted octanol–water partition coefficient (Wildman–Crippen LogP) is 3.72. The molecule has 0 radical (unpaired) electrons. The fourth-order valence-corrected chi connectivity index (χ4v) is 2.46. The van der Waals surface area contributed by atoms with E-state index in [1.54, 1.807) is 0 Å². The average Bonchev–Trinajstić information content (AvgIpc) is 2.46. The molecular weight excluding hydrogens is 276 g/mol. The summed E-state index contributed by atoms with van der Waals surface area (Å²) in [6.45, 7) is 6.04. The third-order valence-electron chi connectivity index (χ3n) is 3.38. The van der Waals surface area contributed by atoms with E-state index in [4.69, 9.17) is 4.74 Å². The van der Waals surface area contributed by atoms with Crippen molar-refractivity contribution in [1.82, 2.24) is 5.32 Å². The van der Waals surface area contributed by atoms with Crippen molar-refractivity contribution in [1.29, 1.82) is 0 Å². The van der Waals surface area contributed by atoms with Gasteiger partial charge in [0.2, 0.25) is 0 Å². The van der Waals surface area contributed by atoms with Crippen LogP contribution in [0.15, 0.2) is 48.5 Å². The van der Waals surface area contributed by atoms with Crippen LogP contribution < -0.4 is 15.4 Å². The van der Waals surface area contributed by atoms with Crippen LogP contribution in [-0.2, 0) is 0 Å². The van der Waals surface area contributed by atoms with E-state index in [1.165, 1.54) is 0 Å². The quantitative estimate of drug-likeness (QED) is 0.888. The Morgan fingerprint density at radius 2 is 1.64 bits per heavy atom. The average molecular weight is 296 g/mol. The van der Waals surface area contributed by atoms with Crippen molar-refractivity contribution in [3.8, 4) is 5.75 Å². The number of ether oxygens (including phenoxy) is 1. The Morgan fingerprint density at radius 1 is 0.955 bits per heavy atom. The smallest absolute Gasteiger partial charge is 0.255 e. The maximum Gasteiger partial charge on any atom is 0.255 e. The Hall–Kier alpha value is -2.49. The highest BCUT2D eigenvalue weighted by molar-refractivity contribution is 6.01. The Bertz CT molecular complexity index is 687. The molecule has 0 aromatic heterocycles. The second kappa shape index (κ2) is 5.37. The van der Waals surface area contributed by atoms with Crippen molar-refractivity contribution < 1.29 is 9.53 Å². The number of rotatable bonds is 2. The van der Waals surface area contributed by atoms with Crippen molar-refractivity contribution in [3.05, 3.63) is 59.7 Å². The summed E-state index contributed by atoms with van der Waals surface area (Å²) in [5, 5.41) is 6.30. The number of carbonyl (C=O) groups excluding carboxylic acids is 1. The largest absolute Gasteiger partial charge is 0.488 e. The summed E-state index contributed by atoms with van der Waals surface area (Å²) in [6, 6.07) is 15.3. The zero-order chi connectivity index (χ0) is 15.7. The molecule has 1 aliphatic heterocycles. The number of para-hydroxylation sites is 1. The molecule has 0 aliphatic carbocycles. The van der Waals surface area contributed by atoms with Crippen molar-refractivity contribution in [3.63, 3.8) is 0 Å². The van der Waals surface area contributed by atoms with Gasteiger partial charge < -0.3 is 15.4 Å². The minimum Gasteiger partial charge on any atom is -0.488 e. The summed E-state index contributed by atoms with van der Waals surface area (Å²) in [7, 11) is 0. The van der Waals surface area contributed by atoms with Crippen LogP contribution in [0.3, 0.4) is 0 Å². The zero-order valence-electron chi connectivity index (χ0n) is 13.0. The second-order valence-corrected chi connectivity index (χ2v) is 6.38. The van der Waals surface area contributed by atoms with E-state index >= 15 is 0 Å². The molecule has 22 heavy (non-hydrogen) atoms. The van der Waals surface area contributed by atoms with Crippen LogP contribution in [0.2, 0.25) is 0 Å². The molecule has 4 heteroatoms. The van der Waals surface area contributed by atoms with E-state index in [1.807, 2.05) is 69.3 Å². The first-order valence-corrected chi connectivity index (χ1v) is 7.38. The SMILES string of the molecule is CC(C)(C)Oc1ccc(C2NC(=O)c3ccccc3N2)cc1. The third kappa shape index (κ3) is 3.06.